The van der Waals surface area contributed by atoms with E-state index in [0.29, 0.717) is 0 Å². The van der Waals surface area contributed by atoms with Gasteiger partial charge in [0.2, 0.25) is 0 Å². The number of para-hydroxylation sites is 2. The molecular weight excluding hydrogens is 707 g/mol. The molecule has 0 saturated heterocycles. The molecule has 0 N–H and O–H groups in total. The van der Waals surface area contributed by atoms with Crippen LogP contribution in [0.3, 0.4) is 0 Å². The first kappa shape index (κ1) is 32.8. The Labute approximate surface area is 336 Å². The summed E-state index contributed by atoms with van der Waals surface area (Å²) in [6.07, 6.45) is 0. The van der Waals surface area contributed by atoms with Crippen LogP contribution >= 0.6 is 0 Å². The van der Waals surface area contributed by atoms with Gasteiger partial charge in [0.25, 0.3) is 0 Å². The minimum atomic E-state index is -0.134. The molecule has 274 valence electrons. The molecule has 1 aliphatic carbocycles. The minimum absolute atomic E-state index is 0.134. The zero-order valence-electron chi connectivity index (χ0n) is 32.2. The third-order valence-corrected chi connectivity index (χ3v) is 12.5. The molecule has 58 heavy (non-hydrogen) atoms. The van der Waals surface area contributed by atoms with Crippen LogP contribution in [0, 0.1) is 0 Å². The Balaban J connectivity index is 1.02. The van der Waals surface area contributed by atoms with Crippen molar-refractivity contribution in [3.63, 3.8) is 0 Å². The van der Waals surface area contributed by atoms with Crippen molar-refractivity contribution in [2.45, 2.75) is 19.3 Å². The molecule has 0 amide bonds. The predicted molar refractivity (Wildman–Crippen MR) is 242 cm³/mol. The average molecular weight is 744 g/mol. The Morgan fingerprint density at radius 2 is 1.00 bits per heavy atom. The molecule has 0 spiro atoms. The summed E-state index contributed by atoms with van der Waals surface area (Å²) >= 11 is 0. The number of hydrogen-bond donors (Lipinski definition) is 0. The summed E-state index contributed by atoms with van der Waals surface area (Å²) in [5, 5.41) is 6.82. The Kier molecular flexibility index (Phi) is 6.98. The van der Waals surface area contributed by atoms with Gasteiger partial charge in [-0.25, -0.2) is 0 Å². The van der Waals surface area contributed by atoms with Gasteiger partial charge < -0.3 is 13.7 Å². The van der Waals surface area contributed by atoms with Crippen LogP contribution in [-0.2, 0) is 5.41 Å². The van der Waals surface area contributed by atoms with Gasteiger partial charge in [0.05, 0.1) is 5.69 Å². The Morgan fingerprint density at radius 3 is 1.88 bits per heavy atom. The molecule has 12 rings (SSSR count). The fourth-order valence-electron chi connectivity index (χ4n) is 9.55. The maximum Gasteiger partial charge on any atom is 0.143 e. The van der Waals surface area contributed by atoms with Gasteiger partial charge in [-0.1, -0.05) is 135 Å². The van der Waals surface area contributed by atoms with Gasteiger partial charge in [0.15, 0.2) is 0 Å². The number of hydrogen-bond acceptors (Lipinski definition) is 3. The second-order valence-corrected chi connectivity index (χ2v) is 16.1. The van der Waals surface area contributed by atoms with E-state index < -0.39 is 0 Å². The molecular formula is C55H37NO2. The van der Waals surface area contributed by atoms with Gasteiger partial charge in [0.1, 0.15) is 22.3 Å². The summed E-state index contributed by atoms with van der Waals surface area (Å²) in [6, 6.07) is 67.9. The third kappa shape index (κ3) is 4.86. The van der Waals surface area contributed by atoms with E-state index in [2.05, 4.69) is 195 Å². The van der Waals surface area contributed by atoms with Crippen LogP contribution in [0.5, 0.6) is 0 Å². The first-order valence-corrected chi connectivity index (χ1v) is 20.0. The fourth-order valence-corrected chi connectivity index (χ4v) is 9.55. The summed E-state index contributed by atoms with van der Waals surface area (Å²) in [4.78, 5) is 2.43. The van der Waals surface area contributed by atoms with Crippen LogP contribution in [0.15, 0.2) is 197 Å². The van der Waals surface area contributed by atoms with E-state index in [4.69, 9.17) is 8.83 Å². The van der Waals surface area contributed by atoms with Gasteiger partial charge in [-0.2, -0.15) is 0 Å². The molecule has 3 heteroatoms. The van der Waals surface area contributed by atoms with Gasteiger partial charge in [-0.3, -0.25) is 0 Å². The van der Waals surface area contributed by atoms with Gasteiger partial charge >= 0.3 is 0 Å². The number of furan rings is 2. The van der Waals surface area contributed by atoms with Crippen molar-refractivity contribution in [1.29, 1.82) is 0 Å². The number of anilines is 3. The van der Waals surface area contributed by atoms with E-state index in [9.17, 15) is 0 Å². The zero-order chi connectivity index (χ0) is 38.5. The smallest absolute Gasteiger partial charge is 0.143 e. The maximum absolute atomic E-state index is 6.53. The second kappa shape index (κ2) is 12.3. The van der Waals surface area contributed by atoms with Crippen molar-refractivity contribution in [2.75, 3.05) is 4.90 Å². The highest BCUT2D eigenvalue weighted by Crippen LogP contribution is 2.51. The summed E-state index contributed by atoms with van der Waals surface area (Å²) in [5.41, 5.74) is 16.7. The SMILES string of the molecule is CC1(C)c2ccccc2-c2ccc(N(c3ccc(-c4ccc5oc6ccccc6c5c4)cc3)c3ccccc3-c3ccc4oc5c6ccccc6ccc5c4c3)cc21. The van der Waals surface area contributed by atoms with E-state index in [1.54, 1.807) is 0 Å². The number of benzene rings is 9. The molecule has 0 atom stereocenters. The topological polar surface area (TPSA) is 29.5 Å². The van der Waals surface area contributed by atoms with Crippen molar-refractivity contribution in [3.8, 4) is 33.4 Å². The van der Waals surface area contributed by atoms with Gasteiger partial charge in [0, 0.05) is 49.3 Å². The minimum Gasteiger partial charge on any atom is -0.456 e. The van der Waals surface area contributed by atoms with Crippen molar-refractivity contribution >= 4 is 71.7 Å². The highest BCUT2D eigenvalue weighted by Gasteiger charge is 2.36. The van der Waals surface area contributed by atoms with Crippen molar-refractivity contribution in [2.24, 2.45) is 0 Å². The summed E-state index contributed by atoms with van der Waals surface area (Å²) in [5.74, 6) is 0. The Hall–Kier alpha value is -7.36. The monoisotopic (exact) mass is 743 g/mol. The van der Waals surface area contributed by atoms with E-state index in [0.717, 1.165) is 88.6 Å². The van der Waals surface area contributed by atoms with Gasteiger partial charge in [-0.15, -0.1) is 0 Å². The summed E-state index contributed by atoms with van der Waals surface area (Å²) in [7, 11) is 0. The van der Waals surface area contributed by atoms with Crippen molar-refractivity contribution in [3.05, 3.63) is 199 Å². The molecule has 0 bridgehead atoms. The van der Waals surface area contributed by atoms with Crippen LogP contribution in [-0.4, -0.2) is 0 Å². The van der Waals surface area contributed by atoms with E-state index >= 15 is 0 Å². The van der Waals surface area contributed by atoms with Crippen LogP contribution in [0.2, 0.25) is 0 Å². The molecule has 0 aliphatic heterocycles. The number of nitrogens with zero attached hydrogens (tertiary/aromatic N) is 1. The molecule has 0 saturated carbocycles. The Morgan fingerprint density at radius 1 is 0.379 bits per heavy atom. The lowest BCUT2D eigenvalue weighted by atomic mass is 9.82. The lowest BCUT2D eigenvalue weighted by Gasteiger charge is -2.30. The van der Waals surface area contributed by atoms with Gasteiger partial charge in [-0.05, 0) is 111 Å². The third-order valence-electron chi connectivity index (χ3n) is 12.5. The normalized spacial score (nSPS) is 13.1. The standard InChI is InChI=1S/C55H37NO2/c1-55(2)48-16-8-5-14-42(48)43-28-26-39(33-49(43)55)56(38-24-19-34(20-25-38)36-22-29-52-46(31-36)44-15-7-10-18-51(44)57-52)50-17-9-6-12-40(50)37-23-30-53-47(32-37)45-27-21-35-11-3-4-13-41(35)54(45)58-53/h3-33H,1-2H3. The quantitative estimate of drug-likeness (QED) is 0.176. The number of fused-ring (bicyclic) bond motifs is 11. The average Bonchev–Trinajstić information content (AvgIpc) is 3.91. The molecule has 1 aliphatic rings. The van der Waals surface area contributed by atoms with Crippen LogP contribution in [0.1, 0.15) is 25.0 Å². The molecule has 0 unspecified atom stereocenters. The molecule has 11 aromatic rings. The summed E-state index contributed by atoms with van der Waals surface area (Å²) in [6.45, 7) is 4.70. The van der Waals surface area contributed by atoms with Crippen LogP contribution < -0.4 is 4.90 Å². The van der Waals surface area contributed by atoms with Crippen LogP contribution in [0.25, 0.3) is 88.0 Å². The Bertz CT molecular complexity index is 3440. The van der Waals surface area contributed by atoms with Crippen molar-refractivity contribution in [1.82, 2.24) is 0 Å². The number of rotatable bonds is 5. The first-order valence-electron chi connectivity index (χ1n) is 20.0. The van der Waals surface area contributed by atoms with E-state index in [-0.39, 0.29) is 5.41 Å². The molecule has 0 fully saturated rings. The molecule has 9 aromatic carbocycles. The van der Waals surface area contributed by atoms with Crippen LogP contribution in [0.4, 0.5) is 17.1 Å². The lowest BCUT2D eigenvalue weighted by molar-refractivity contribution is 0.660. The fraction of sp³-hybridized carbons (Fsp3) is 0.0545. The highest BCUT2D eigenvalue weighted by atomic mass is 16.3. The summed E-state index contributed by atoms with van der Waals surface area (Å²) < 4.78 is 12.7. The second-order valence-electron chi connectivity index (χ2n) is 16.1. The maximum atomic E-state index is 6.53. The zero-order valence-corrected chi connectivity index (χ0v) is 32.2. The van der Waals surface area contributed by atoms with Crippen molar-refractivity contribution < 1.29 is 8.83 Å². The molecule has 2 heterocycles. The molecule has 3 nitrogen and oxygen atoms in total. The highest BCUT2D eigenvalue weighted by molar-refractivity contribution is 6.16. The van der Waals surface area contributed by atoms with E-state index in [1.807, 2.05) is 12.1 Å². The predicted octanol–water partition coefficient (Wildman–Crippen LogP) is 15.7. The largest absolute Gasteiger partial charge is 0.456 e. The lowest BCUT2D eigenvalue weighted by Crippen LogP contribution is -2.16. The molecule has 2 aromatic heterocycles. The first-order chi connectivity index (χ1) is 28.5. The van der Waals surface area contributed by atoms with E-state index in [1.165, 1.54) is 27.6 Å². The molecule has 0 radical (unpaired) electrons.